The van der Waals surface area contributed by atoms with Gasteiger partial charge in [0.15, 0.2) is 0 Å². The van der Waals surface area contributed by atoms with Crippen LogP contribution in [-0.2, 0) is 6.54 Å². The zero-order valence-electron chi connectivity index (χ0n) is 10.1. The van der Waals surface area contributed by atoms with Crippen molar-refractivity contribution in [2.75, 3.05) is 13.7 Å². The Morgan fingerprint density at radius 2 is 2.24 bits per heavy atom. The molecule has 0 atom stereocenters. The minimum absolute atomic E-state index is 0.228. The number of hydrogen-bond donors (Lipinski definition) is 2. The van der Waals surface area contributed by atoms with E-state index in [0.29, 0.717) is 18.5 Å². The van der Waals surface area contributed by atoms with Crippen LogP contribution in [0.3, 0.4) is 0 Å². The van der Waals surface area contributed by atoms with Gasteiger partial charge in [-0.25, -0.2) is 4.39 Å². The first-order valence-corrected chi connectivity index (χ1v) is 5.97. The van der Waals surface area contributed by atoms with Crippen molar-refractivity contribution in [3.8, 4) is 5.75 Å². The molecule has 3 N–H and O–H groups in total. The molecule has 0 spiro atoms. The van der Waals surface area contributed by atoms with Gasteiger partial charge in [0, 0.05) is 18.2 Å². The van der Waals surface area contributed by atoms with E-state index in [1.807, 2.05) is 0 Å². The molecule has 0 unspecified atom stereocenters. The van der Waals surface area contributed by atoms with Crippen molar-refractivity contribution in [3.63, 3.8) is 0 Å². The SMILES string of the molecule is COc1ccc(F)cc1CNCC1CC(N)C1. The van der Waals surface area contributed by atoms with E-state index in [-0.39, 0.29) is 5.82 Å². The van der Waals surface area contributed by atoms with Gasteiger partial charge >= 0.3 is 0 Å². The molecule has 0 radical (unpaired) electrons. The number of halogens is 1. The maximum Gasteiger partial charge on any atom is 0.123 e. The van der Waals surface area contributed by atoms with Gasteiger partial charge < -0.3 is 15.8 Å². The fourth-order valence-electron chi connectivity index (χ4n) is 2.25. The Bertz CT molecular complexity index is 378. The summed E-state index contributed by atoms with van der Waals surface area (Å²) in [7, 11) is 1.60. The van der Waals surface area contributed by atoms with E-state index < -0.39 is 0 Å². The molecular formula is C13H19FN2O. The van der Waals surface area contributed by atoms with Gasteiger partial charge in [0.05, 0.1) is 7.11 Å². The molecule has 0 aromatic heterocycles. The molecule has 1 aliphatic rings. The summed E-state index contributed by atoms with van der Waals surface area (Å²) in [5.41, 5.74) is 6.58. The Morgan fingerprint density at radius 1 is 1.47 bits per heavy atom. The summed E-state index contributed by atoms with van der Waals surface area (Å²) in [6.07, 6.45) is 2.18. The second-order valence-electron chi connectivity index (χ2n) is 4.68. The van der Waals surface area contributed by atoms with Gasteiger partial charge in [-0.05, 0) is 43.5 Å². The number of hydrogen-bond acceptors (Lipinski definition) is 3. The maximum absolute atomic E-state index is 13.1. The van der Waals surface area contributed by atoms with E-state index in [4.69, 9.17) is 10.5 Å². The lowest BCUT2D eigenvalue weighted by Crippen LogP contribution is -2.41. The molecule has 2 rings (SSSR count). The van der Waals surface area contributed by atoms with Crippen LogP contribution in [-0.4, -0.2) is 19.7 Å². The predicted molar refractivity (Wildman–Crippen MR) is 65.4 cm³/mol. The molecule has 0 bridgehead atoms. The van der Waals surface area contributed by atoms with E-state index in [1.165, 1.54) is 12.1 Å². The lowest BCUT2D eigenvalue weighted by molar-refractivity contribution is 0.255. The highest BCUT2D eigenvalue weighted by atomic mass is 19.1. The molecule has 4 heteroatoms. The van der Waals surface area contributed by atoms with Crippen LogP contribution >= 0.6 is 0 Å². The molecule has 1 saturated carbocycles. The van der Waals surface area contributed by atoms with Gasteiger partial charge in [-0.2, -0.15) is 0 Å². The summed E-state index contributed by atoms with van der Waals surface area (Å²) in [5, 5.41) is 3.32. The van der Waals surface area contributed by atoms with Crippen molar-refractivity contribution in [1.29, 1.82) is 0 Å². The van der Waals surface area contributed by atoms with Crippen LogP contribution in [0.4, 0.5) is 4.39 Å². The number of methoxy groups -OCH3 is 1. The minimum Gasteiger partial charge on any atom is -0.496 e. The molecule has 1 aromatic carbocycles. The van der Waals surface area contributed by atoms with Crippen molar-refractivity contribution < 1.29 is 9.13 Å². The van der Waals surface area contributed by atoms with Crippen molar-refractivity contribution in [3.05, 3.63) is 29.6 Å². The largest absolute Gasteiger partial charge is 0.496 e. The quantitative estimate of drug-likeness (QED) is 0.820. The molecule has 1 fully saturated rings. The van der Waals surface area contributed by atoms with E-state index in [9.17, 15) is 4.39 Å². The molecule has 0 saturated heterocycles. The average molecular weight is 238 g/mol. The molecule has 1 aliphatic carbocycles. The van der Waals surface area contributed by atoms with E-state index >= 15 is 0 Å². The minimum atomic E-state index is -0.228. The Balaban J connectivity index is 1.83. The van der Waals surface area contributed by atoms with Crippen molar-refractivity contribution >= 4 is 0 Å². The Kier molecular flexibility index (Phi) is 3.97. The molecular weight excluding hydrogens is 219 g/mol. The zero-order chi connectivity index (χ0) is 12.3. The molecule has 0 amide bonds. The molecule has 17 heavy (non-hydrogen) atoms. The predicted octanol–water partition coefficient (Wildman–Crippen LogP) is 1.66. The standard InChI is InChI=1S/C13H19FN2O/c1-17-13-3-2-11(14)6-10(13)8-16-7-9-4-12(15)5-9/h2-3,6,9,12,16H,4-5,7-8,15H2,1H3. The topological polar surface area (TPSA) is 47.3 Å². The molecule has 3 nitrogen and oxygen atoms in total. The molecule has 1 aromatic rings. The monoisotopic (exact) mass is 238 g/mol. The number of benzene rings is 1. The maximum atomic E-state index is 13.1. The van der Waals surface area contributed by atoms with Crippen molar-refractivity contribution in [2.24, 2.45) is 11.7 Å². The smallest absolute Gasteiger partial charge is 0.123 e. The average Bonchev–Trinajstić information content (AvgIpc) is 2.27. The lowest BCUT2D eigenvalue weighted by Gasteiger charge is -2.32. The number of nitrogens with one attached hydrogen (secondary N) is 1. The first-order chi connectivity index (χ1) is 8.19. The number of nitrogens with two attached hydrogens (primary N) is 1. The first-order valence-electron chi connectivity index (χ1n) is 5.97. The highest BCUT2D eigenvalue weighted by molar-refractivity contribution is 5.33. The van der Waals surface area contributed by atoms with Gasteiger partial charge in [-0.3, -0.25) is 0 Å². The van der Waals surface area contributed by atoms with E-state index in [1.54, 1.807) is 13.2 Å². The summed E-state index contributed by atoms with van der Waals surface area (Å²) in [4.78, 5) is 0. The van der Waals surface area contributed by atoms with E-state index in [2.05, 4.69) is 5.32 Å². The number of rotatable bonds is 5. The van der Waals surface area contributed by atoms with Crippen LogP contribution in [0.5, 0.6) is 5.75 Å². The van der Waals surface area contributed by atoms with Crippen LogP contribution in [0.25, 0.3) is 0 Å². The summed E-state index contributed by atoms with van der Waals surface area (Å²) in [6.45, 7) is 1.57. The summed E-state index contributed by atoms with van der Waals surface area (Å²) in [5.74, 6) is 1.17. The third-order valence-corrected chi connectivity index (χ3v) is 3.26. The van der Waals surface area contributed by atoms with Crippen molar-refractivity contribution in [1.82, 2.24) is 5.32 Å². The lowest BCUT2D eigenvalue weighted by atomic mass is 9.81. The van der Waals surface area contributed by atoms with Gasteiger partial charge in [0.25, 0.3) is 0 Å². The fraction of sp³-hybridized carbons (Fsp3) is 0.538. The van der Waals surface area contributed by atoms with Gasteiger partial charge in [0.2, 0.25) is 0 Å². The van der Waals surface area contributed by atoms with Gasteiger partial charge in [-0.1, -0.05) is 0 Å². The van der Waals surface area contributed by atoms with Crippen LogP contribution in [0.15, 0.2) is 18.2 Å². The fourth-order valence-corrected chi connectivity index (χ4v) is 2.25. The summed E-state index contributed by atoms with van der Waals surface area (Å²) >= 11 is 0. The highest BCUT2D eigenvalue weighted by Gasteiger charge is 2.25. The Hall–Kier alpha value is -1.13. The first kappa shape index (κ1) is 12.3. The van der Waals surface area contributed by atoms with Crippen LogP contribution in [0.1, 0.15) is 18.4 Å². The summed E-state index contributed by atoms with van der Waals surface area (Å²) in [6, 6.07) is 4.96. The molecule has 0 aliphatic heterocycles. The van der Waals surface area contributed by atoms with Gasteiger partial charge in [0.1, 0.15) is 11.6 Å². The highest BCUT2D eigenvalue weighted by Crippen LogP contribution is 2.25. The third-order valence-electron chi connectivity index (χ3n) is 3.26. The van der Waals surface area contributed by atoms with Gasteiger partial charge in [-0.15, -0.1) is 0 Å². The second kappa shape index (κ2) is 5.47. The second-order valence-corrected chi connectivity index (χ2v) is 4.68. The zero-order valence-corrected chi connectivity index (χ0v) is 10.1. The van der Waals surface area contributed by atoms with Crippen molar-refractivity contribution in [2.45, 2.75) is 25.4 Å². The van der Waals surface area contributed by atoms with Crippen LogP contribution < -0.4 is 15.8 Å². The number of ether oxygens (including phenoxy) is 1. The normalized spacial score (nSPS) is 23.2. The van der Waals surface area contributed by atoms with E-state index in [0.717, 1.165) is 30.7 Å². The Morgan fingerprint density at radius 3 is 2.88 bits per heavy atom. The molecule has 0 heterocycles. The third kappa shape index (κ3) is 3.17. The summed E-state index contributed by atoms with van der Waals surface area (Å²) < 4.78 is 18.3. The molecule has 94 valence electrons. The Labute approximate surface area is 101 Å². The van der Waals surface area contributed by atoms with Crippen LogP contribution in [0, 0.1) is 11.7 Å². The van der Waals surface area contributed by atoms with Crippen LogP contribution in [0.2, 0.25) is 0 Å².